The average Bonchev–Trinajstić information content (AvgIpc) is 2.96. The van der Waals surface area contributed by atoms with Gasteiger partial charge in [0.25, 0.3) is 0 Å². The molecule has 1 aromatic heterocycles. The third-order valence-corrected chi connectivity index (χ3v) is 3.83. The van der Waals surface area contributed by atoms with Crippen molar-refractivity contribution in [3.63, 3.8) is 0 Å². The van der Waals surface area contributed by atoms with Crippen molar-refractivity contribution < 1.29 is 4.74 Å². The van der Waals surface area contributed by atoms with Crippen LogP contribution >= 0.6 is 11.3 Å². The van der Waals surface area contributed by atoms with E-state index in [1.165, 1.54) is 0 Å². The number of hydrogen-bond acceptors (Lipinski definition) is 5. The maximum atomic E-state index is 5.39. The van der Waals surface area contributed by atoms with Crippen LogP contribution in [-0.4, -0.2) is 37.8 Å². The molecule has 2 heterocycles. The normalized spacial score (nSPS) is 20.2. The smallest absolute Gasteiger partial charge is 0.185 e. The van der Waals surface area contributed by atoms with Crippen molar-refractivity contribution in [2.75, 3.05) is 31.7 Å². The monoisotopic (exact) mass is 241 g/mol. The van der Waals surface area contributed by atoms with Crippen LogP contribution in [0, 0.1) is 0 Å². The Bertz CT molecular complexity index is 323. The highest BCUT2D eigenvalue weighted by atomic mass is 32.1. The Kier molecular flexibility index (Phi) is 4.15. The van der Waals surface area contributed by atoms with Crippen LogP contribution in [0.3, 0.4) is 0 Å². The van der Waals surface area contributed by atoms with Crippen LogP contribution < -0.4 is 10.2 Å². The predicted octanol–water partition coefficient (Wildman–Crippen LogP) is 1.48. The van der Waals surface area contributed by atoms with E-state index in [0.29, 0.717) is 6.04 Å². The second-order valence-electron chi connectivity index (χ2n) is 4.03. The maximum Gasteiger partial charge on any atom is 0.185 e. The van der Waals surface area contributed by atoms with Crippen molar-refractivity contribution in [1.29, 1.82) is 0 Å². The van der Waals surface area contributed by atoms with E-state index in [-0.39, 0.29) is 0 Å². The molecule has 1 aromatic rings. The number of hydrogen-bond donors (Lipinski definition) is 1. The zero-order valence-electron chi connectivity index (χ0n) is 9.90. The first-order chi connectivity index (χ1) is 7.81. The molecule has 1 aliphatic heterocycles. The number of aromatic nitrogens is 1. The van der Waals surface area contributed by atoms with Gasteiger partial charge in [-0.25, -0.2) is 4.98 Å². The maximum absolute atomic E-state index is 5.39. The van der Waals surface area contributed by atoms with E-state index in [9.17, 15) is 0 Å². The second kappa shape index (κ2) is 5.61. The number of thiazole rings is 1. The summed E-state index contributed by atoms with van der Waals surface area (Å²) in [5, 5.41) is 6.52. The largest absolute Gasteiger partial charge is 0.379 e. The van der Waals surface area contributed by atoms with Crippen LogP contribution in [0.5, 0.6) is 0 Å². The summed E-state index contributed by atoms with van der Waals surface area (Å²) in [5.74, 6) is 0. The first-order valence-corrected chi connectivity index (χ1v) is 6.65. The number of rotatable bonds is 5. The molecule has 0 saturated carbocycles. The van der Waals surface area contributed by atoms with Gasteiger partial charge in [-0.1, -0.05) is 6.92 Å². The van der Waals surface area contributed by atoms with Gasteiger partial charge in [0.05, 0.1) is 18.3 Å². The zero-order valence-corrected chi connectivity index (χ0v) is 10.7. The molecule has 0 spiro atoms. The molecular formula is C11H19N3OS. The lowest BCUT2D eigenvalue weighted by molar-refractivity contribution is 0.193. The number of anilines is 1. The molecule has 2 rings (SSSR count). The SMILES string of the molecule is CCNCc1csc(N(C)C2CCOC2)n1. The van der Waals surface area contributed by atoms with Crippen LogP contribution in [0.25, 0.3) is 0 Å². The lowest BCUT2D eigenvalue weighted by Crippen LogP contribution is -2.31. The number of ether oxygens (including phenoxy) is 1. The summed E-state index contributed by atoms with van der Waals surface area (Å²) in [6.45, 7) is 5.67. The molecule has 1 aliphatic rings. The average molecular weight is 241 g/mol. The molecule has 5 heteroatoms. The van der Waals surface area contributed by atoms with Gasteiger partial charge in [-0.05, 0) is 13.0 Å². The van der Waals surface area contributed by atoms with Gasteiger partial charge in [-0.3, -0.25) is 0 Å². The highest BCUT2D eigenvalue weighted by Crippen LogP contribution is 2.24. The van der Waals surface area contributed by atoms with E-state index in [0.717, 1.165) is 43.5 Å². The molecule has 16 heavy (non-hydrogen) atoms. The van der Waals surface area contributed by atoms with Gasteiger partial charge in [0.15, 0.2) is 5.13 Å². The fraction of sp³-hybridized carbons (Fsp3) is 0.727. The Labute approximate surface area is 101 Å². The van der Waals surface area contributed by atoms with E-state index in [1.54, 1.807) is 11.3 Å². The highest BCUT2D eigenvalue weighted by Gasteiger charge is 2.22. The van der Waals surface area contributed by atoms with Crippen molar-refractivity contribution in [3.05, 3.63) is 11.1 Å². The van der Waals surface area contributed by atoms with E-state index in [1.807, 2.05) is 0 Å². The van der Waals surface area contributed by atoms with Crippen LogP contribution in [0.15, 0.2) is 5.38 Å². The fourth-order valence-electron chi connectivity index (χ4n) is 1.78. The third kappa shape index (κ3) is 2.72. The fourth-order valence-corrected chi connectivity index (χ4v) is 2.64. The van der Waals surface area contributed by atoms with Crippen molar-refractivity contribution in [2.45, 2.75) is 25.9 Å². The van der Waals surface area contributed by atoms with E-state index in [2.05, 4.69) is 34.6 Å². The van der Waals surface area contributed by atoms with Gasteiger partial charge in [-0.2, -0.15) is 0 Å². The Balaban J connectivity index is 1.94. The Morgan fingerprint density at radius 3 is 3.25 bits per heavy atom. The number of likely N-dealkylation sites (N-methyl/N-ethyl adjacent to an activating group) is 1. The molecule has 1 N–H and O–H groups in total. The molecule has 4 nitrogen and oxygen atoms in total. The molecule has 0 amide bonds. The molecule has 1 saturated heterocycles. The van der Waals surface area contributed by atoms with E-state index in [4.69, 9.17) is 4.74 Å². The van der Waals surface area contributed by atoms with Crippen LogP contribution in [0.2, 0.25) is 0 Å². The lowest BCUT2D eigenvalue weighted by Gasteiger charge is -2.21. The van der Waals surface area contributed by atoms with Gasteiger partial charge < -0.3 is 15.0 Å². The van der Waals surface area contributed by atoms with Crippen molar-refractivity contribution in [1.82, 2.24) is 10.3 Å². The minimum absolute atomic E-state index is 0.498. The Hall–Kier alpha value is -0.650. The Morgan fingerprint density at radius 1 is 1.69 bits per heavy atom. The summed E-state index contributed by atoms with van der Waals surface area (Å²) in [7, 11) is 2.11. The molecule has 1 unspecified atom stereocenters. The summed E-state index contributed by atoms with van der Waals surface area (Å²) in [4.78, 5) is 6.86. The standard InChI is InChI=1S/C11H19N3OS/c1-3-12-6-9-8-16-11(13-9)14(2)10-4-5-15-7-10/h8,10,12H,3-7H2,1-2H3. The van der Waals surface area contributed by atoms with E-state index < -0.39 is 0 Å². The molecule has 0 aliphatic carbocycles. The minimum atomic E-state index is 0.498. The van der Waals surface area contributed by atoms with E-state index >= 15 is 0 Å². The summed E-state index contributed by atoms with van der Waals surface area (Å²) in [6, 6.07) is 0.498. The predicted molar refractivity (Wildman–Crippen MR) is 67.1 cm³/mol. The van der Waals surface area contributed by atoms with Crippen LogP contribution in [-0.2, 0) is 11.3 Å². The highest BCUT2D eigenvalue weighted by molar-refractivity contribution is 7.13. The molecule has 0 aromatic carbocycles. The molecule has 1 fully saturated rings. The van der Waals surface area contributed by atoms with Crippen molar-refractivity contribution >= 4 is 16.5 Å². The van der Waals surface area contributed by atoms with Gasteiger partial charge in [0, 0.05) is 25.6 Å². The summed E-state index contributed by atoms with van der Waals surface area (Å²) < 4.78 is 5.39. The summed E-state index contributed by atoms with van der Waals surface area (Å²) >= 11 is 1.71. The van der Waals surface area contributed by atoms with Crippen LogP contribution in [0.4, 0.5) is 5.13 Å². The van der Waals surface area contributed by atoms with Crippen LogP contribution in [0.1, 0.15) is 19.0 Å². The van der Waals surface area contributed by atoms with Gasteiger partial charge in [0.1, 0.15) is 0 Å². The topological polar surface area (TPSA) is 37.4 Å². The van der Waals surface area contributed by atoms with Gasteiger partial charge >= 0.3 is 0 Å². The first kappa shape index (κ1) is 11.8. The first-order valence-electron chi connectivity index (χ1n) is 5.77. The molecule has 1 atom stereocenters. The molecule has 0 bridgehead atoms. The molecule has 90 valence electrons. The lowest BCUT2D eigenvalue weighted by atomic mass is 10.2. The van der Waals surface area contributed by atoms with Gasteiger partial charge in [0.2, 0.25) is 0 Å². The third-order valence-electron chi connectivity index (χ3n) is 2.85. The quantitative estimate of drug-likeness (QED) is 0.847. The minimum Gasteiger partial charge on any atom is -0.379 e. The van der Waals surface area contributed by atoms with Crippen molar-refractivity contribution in [3.8, 4) is 0 Å². The molecule has 0 radical (unpaired) electrons. The summed E-state index contributed by atoms with van der Waals surface area (Å²) in [6.07, 6.45) is 1.11. The number of nitrogens with one attached hydrogen (secondary N) is 1. The van der Waals surface area contributed by atoms with Crippen molar-refractivity contribution in [2.24, 2.45) is 0 Å². The second-order valence-corrected chi connectivity index (χ2v) is 4.87. The Morgan fingerprint density at radius 2 is 2.56 bits per heavy atom. The zero-order chi connectivity index (χ0) is 11.4. The van der Waals surface area contributed by atoms with Gasteiger partial charge in [-0.15, -0.1) is 11.3 Å². The molecular weight excluding hydrogens is 222 g/mol. The summed E-state index contributed by atoms with van der Waals surface area (Å²) in [5.41, 5.74) is 1.13. The number of nitrogens with zero attached hydrogens (tertiary/aromatic N) is 2.